The summed E-state index contributed by atoms with van der Waals surface area (Å²) in [5.74, 6) is -0.0951. The monoisotopic (exact) mass is 520 g/mol. The molecule has 9 heteroatoms. The molecule has 7 nitrogen and oxygen atoms in total. The molecule has 4 aromatic rings. The number of rotatable bonds is 11. The van der Waals surface area contributed by atoms with E-state index in [1.165, 1.54) is 17.3 Å². The van der Waals surface area contributed by atoms with Crippen molar-refractivity contribution < 1.29 is 13.2 Å². The number of anilines is 1. The molecule has 4 rings (SSSR count). The Kier molecular flexibility index (Phi) is 8.56. The third-order valence-corrected chi connectivity index (χ3v) is 8.08. The topological polar surface area (TPSA) is 94.0 Å². The van der Waals surface area contributed by atoms with Crippen molar-refractivity contribution in [3.63, 3.8) is 0 Å². The fraction of sp³-hybridized carbons (Fsp3) is 0.222. The van der Waals surface area contributed by atoms with Crippen molar-refractivity contribution >= 4 is 33.2 Å². The fourth-order valence-corrected chi connectivity index (χ4v) is 5.70. The minimum atomic E-state index is -3.62. The zero-order valence-corrected chi connectivity index (χ0v) is 21.6. The van der Waals surface area contributed by atoms with Crippen LogP contribution < -0.4 is 5.32 Å². The van der Waals surface area contributed by atoms with E-state index in [2.05, 4.69) is 22.4 Å². The van der Waals surface area contributed by atoms with E-state index in [4.69, 9.17) is 0 Å². The lowest BCUT2D eigenvalue weighted by molar-refractivity contribution is -0.113. The number of thioether (sulfide) groups is 1. The standard InChI is InChI=1S/C27H28N4O3S2/c1-2-3-10-21-15-17-22(18-16-21)28-26(32)19-35-27-30-29-25(31(27)23-11-6-4-7-12-23)20-36(33,34)24-13-8-5-9-14-24/h4-9,11-18H,2-3,10,19-20H2,1H3,(H,28,32). The summed E-state index contributed by atoms with van der Waals surface area (Å²) in [4.78, 5) is 12.8. The first-order valence-corrected chi connectivity index (χ1v) is 14.4. The summed E-state index contributed by atoms with van der Waals surface area (Å²) in [5, 5.41) is 11.8. The number of nitrogens with zero attached hydrogens (tertiary/aromatic N) is 3. The van der Waals surface area contributed by atoms with Crippen molar-refractivity contribution in [1.29, 1.82) is 0 Å². The number of nitrogens with one attached hydrogen (secondary N) is 1. The first-order valence-electron chi connectivity index (χ1n) is 11.8. The predicted octanol–water partition coefficient (Wildman–Crippen LogP) is 5.31. The summed E-state index contributed by atoms with van der Waals surface area (Å²) in [6.45, 7) is 2.16. The van der Waals surface area contributed by atoms with Crippen molar-refractivity contribution in [2.75, 3.05) is 11.1 Å². The summed E-state index contributed by atoms with van der Waals surface area (Å²) < 4.78 is 27.7. The molecular weight excluding hydrogens is 492 g/mol. The Balaban J connectivity index is 1.49. The van der Waals surface area contributed by atoms with Crippen molar-refractivity contribution in [1.82, 2.24) is 14.8 Å². The van der Waals surface area contributed by atoms with Crippen LogP contribution in [0.4, 0.5) is 5.69 Å². The number of unbranched alkanes of at least 4 members (excludes halogenated alkanes) is 1. The highest BCUT2D eigenvalue weighted by atomic mass is 32.2. The van der Waals surface area contributed by atoms with E-state index in [1.807, 2.05) is 54.6 Å². The molecule has 1 amide bonds. The Hall–Kier alpha value is -3.43. The van der Waals surface area contributed by atoms with Crippen LogP contribution in [0.2, 0.25) is 0 Å². The Morgan fingerprint density at radius 2 is 1.58 bits per heavy atom. The first-order chi connectivity index (χ1) is 17.5. The lowest BCUT2D eigenvalue weighted by atomic mass is 10.1. The molecule has 0 bridgehead atoms. The minimum Gasteiger partial charge on any atom is -0.325 e. The first kappa shape index (κ1) is 25.7. The van der Waals surface area contributed by atoms with E-state index in [-0.39, 0.29) is 28.1 Å². The molecule has 36 heavy (non-hydrogen) atoms. The SMILES string of the molecule is CCCCc1ccc(NC(=O)CSc2nnc(CS(=O)(=O)c3ccccc3)n2-c2ccccc2)cc1. The van der Waals surface area contributed by atoms with E-state index in [1.54, 1.807) is 34.9 Å². The summed E-state index contributed by atoms with van der Waals surface area (Å²) in [5.41, 5.74) is 2.71. The smallest absolute Gasteiger partial charge is 0.234 e. The van der Waals surface area contributed by atoms with Crippen LogP contribution in [0.15, 0.2) is 95.0 Å². The third kappa shape index (κ3) is 6.61. The van der Waals surface area contributed by atoms with Crippen LogP contribution in [0.5, 0.6) is 0 Å². The van der Waals surface area contributed by atoms with Crippen LogP contribution in [0.25, 0.3) is 5.69 Å². The predicted molar refractivity (Wildman–Crippen MR) is 143 cm³/mol. The maximum Gasteiger partial charge on any atom is 0.234 e. The van der Waals surface area contributed by atoms with E-state index >= 15 is 0 Å². The molecule has 0 atom stereocenters. The average molecular weight is 521 g/mol. The lowest BCUT2D eigenvalue weighted by Crippen LogP contribution is -2.15. The Labute approximate surface area is 215 Å². The van der Waals surface area contributed by atoms with Gasteiger partial charge in [-0.1, -0.05) is 73.6 Å². The van der Waals surface area contributed by atoms with E-state index in [9.17, 15) is 13.2 Å². The highest BCUT2D eigenvalue weighted by molar-refractivity contribution is 7.99. The molecule has 1 N–H and O–H groups in total. The number of carbonyl (C=O) groups excluding carboxylic acids is 1. The lowest BCUT2D eigenvalue weighted by Gasteiger charge is -2.11. The normalized spacial score (nSPS) is 11.4. The molecule has 0 saturated carbocycles. The maximum atomic E-state index is 13.0. The molecule has 3 aromatic carbocycles. The van der Waals surface area contributed by atoms with Crippen LogP contribution in [-0.4, -0.2) is 34.8 Å². The molecule has 186 valence electrons. The summed E-state index contributed by atoms with van der Waals surface area (Å²) in [6, 6.07) is 25.5. The largest absolute Gasteiger partial charge is 0.325 e. The van der Waals surface area contributed by atoms with Gasteiger partial charge in [-0.05, 0) is 54.8 Å². The van der Waals surface area contributed by atoms with Crippen LogP contribution in [0.3, 0.4) is 0 Å². The van der Waals surface area contributed by atoms with Crippen LogP contribution in [0, 0.1) is 0 Å². The molecular formula is C27H28N4O3S2. The van der Waals surface area contributed by atoms with E-state index < -0.39 is 9.84 Å². The van der Waals surface area contributed by atoms with Gasteiger partial charge in [-0.15, -0.1) is 10.2 Å². The van der Waals surface area contributed by atoms with Gasteiger partial charge in [0.25, 0.3) is 0 Å². The second-order valence-electron chi connectivity index (χ2n) is 8.28. The van der Waals surface area contributed by atoms with Gasteiger partial charge in [-0.3, -0.25) is 9.36 Å². The second-order valence-corrected chi connectivity index (χ2v) is 11.2. The second kappa shape index (κ2) is 12.0. The summed E-state index contributed by atoms with van der Waals surface area (Å²) >= 11 is 1.21. The van der Waals surface area contributed by atoms with Gasteiger partial charge in [0.1, 0.15) is 5.75 Å². The number of sulfone groups is 1. The number of para-hydroxylation sites is 1. The van der Waals surface area contributed by atoms with Crippen molar-refractivity contribution in [3.05, 3.63) is 96.3 Å². The zero-order valence-electron chi connectivity index (χ0n) is 20.0. The van der Waals surface area contributed by atoms with Gasteiger partial charge in [-0.25, -0.2) is 8.42 Å². The number of aromatic nitrogens is 3. The molecule has 0 spiro atoms. The summed E-state index contributed by atoms with van der Waals surface area (Å²) in [7, 11) is -3.62. The number of aryl methyl sites for hydroxylation is 1. The van der Waals surface area contributed by atoms with Crippen molar-refractivity contribution in [2.45, 2.75) is 42.0 Å². The van der Waals surface area contributed by atoms with Crippen molar-refractivity contribution in [2.24, 2.45) is 0 Å². The molecule has 0 radical (unpaired) electrons. The van der Waals surface area contributed by atoms with Crippen LogP contribution in [0.1, 0.15) is 31.2 Å². The molecule has 0 saturated heterocycles. The van der Waals surface area contributed by atoms with Gasteiger partial charge in [0, 0.05) is 11.4 Å². The maximum absolute atomic E-state index is 13.0. The number of hydrogen-bond acceptors (Lipinski definition) is 6. The highest BCUT2D eigenvalue weighted by Crippen LogP contribution is 2.25. The molecule has 0 aliphatic carbocycles. The summed E-state index contributed by atoms with van der Waals surface area (Å²) in [6.07, 6.45) is 3.31. The minimum absolute atomic E-state index is 0.105. The average Bonchev–Trinajstić information content (AvgIpc) is 3.29. The van der Waals surface area contributed by atoms with E-state index in [0.717, 1.165) is 30.6 Å². The third-order valence-electron chi connectivity index (χ3n) is 5.53. The molecule has 0 aliphatic rings. The van der Waals surface area contributed by atoms with Gasteiger partial charge in [-0.2, -0.15) is 0 Å². The number of amides is 1. The van der Waals surface area contributed by atoms with E-state index in [0.29, 0.717) is 5.16 Å². The van der Waals surface area contributed by atoms with Crippen molar-refractivity contribution in [3.8, 4) is 5.69 Å². The van der Waals surface area contributed by atoms with Gasteiger partial charge in [0.15, 0.2) is 20.8 Å². The number of benzene rings is 3. The quantitative estimate of drug-likeness (QED) is 0.269. The molecule has 0 aliphatic heterocycles. The number of carbonyl (C=O) groups is 1. The fourth-order valence-electron chi connectivity index (χ4n) is 3.67. The van der Waals surface area contributed by atoms with Crippen LogP contribution >= 0.6 is 11.8 Å². The molecule has 0 unspecified atom stereocenters. The Morgan fingerprint density at radius 1 is 0.917 bits per heavy atom. The van der Waals surface area contributed by atoms with Crippen LogP contribution in [-0.2, 0) is 26.8 Å². The zero-order chi connectivity index (χ0) is 25.4. The Bertz CT molecular complexity index is 1390. The number of hydrogen-bond donors (Lipinski definition) is 1. The highest BCUT2D eigenvalue weighted by Gasteiger charge is 2.23. The molecule has 0 fully saturated rings. The Morgan fingerprint density at radius 3 is 2.25 bits per heavy atom. The van der Waals surface area contributed by atoms with Gasteiger partial charge in [0.2, 0.25) is 5.91 Å². The molecule has 1 aromatic heterocycles. The van der Waals surface area contributed by atoms with Gasteiger partial charge in [0.05, 0.1) is 10.6 Å². The van der Waals surface area contributed by atoms with Gasteiger partial charge < -0.3 is 5.32 Å². The van der Waals surface area contributed by atoms with Gasteiger partial charge >= 0.3 is 0 Å². The molecule has 1 heterocycles.